The van der Waals surface area contributed by atoms with E-state index in [1.807, 2.05) is 60.0 Å². The summed E-state index contributed by atoms with van der Waals surface area (Å²) in [5, 5.41) is 18.1. The number of benzene rings is 3. The molecule has 2 fully saturated rings. The van der Waals surface area contributed by atoms with Crippen LogP contribution in [0, 0.1) is 24.4 Å². The van der Waals surface area contributed by atoms with E-state index in [0.717, 1.165) is 38.6 Å². The number of aromatic nitrogens is 7. The largest absolute Gasteiger partial charge is 0.376 e. The maximum atomic E-state index is 14.1. The number of halogens is 3. The van der Waals surface area contributed by atoms with E-state index in [0.29, 0.717) is 5.82 Å². The van der Waals surface area contributed by atoms with Gasteiger partial charge in [0.25, 0.3) is 0 Å². The van der Waals surface area contributed by atoms with Gasteiger partial charge in [0.1, 0.15) is 42.5 Å². The predicted octanol–water partition coefficient (Wildman–Crippen LogP) is 5.67. The van der Waals surface area contributed by atoms with Crippen LogP contribution in [0.5, 0.6) is 0 Å². The van der Waals surface area contributed by atoms with Crippen LogP contribution in [0.25, 0.3) is 27.2 Å². The average Bonchev–Trinajstić information content (AvgIpc) is 3.85. The molecule has 240 valence electrons. The number of hydrogen-bond donors (Lipinski definition) is 0. The van der Waals surface area contributed by atoms with Crippen molar-refractivity contribution in [2.24, 2.45) is 0 Å². The molecule has 11 nitrogen and oxygen atoms in total. The molecule has 0 N–H and O–H groups in total. The Bertz CT molecular complexity index is 2050. The number of thiazole rings is 1. The molecule has 5 heterocycles. The van der Waals surface area contributed by atoms with Crippen LogP contribution in [0.15, 0.2) is 73.2 Å². The van der Waals surface area contributed by atoms with Crippen molar-refractivity contribution in [1.29, 1.82) is 0 Å². The van der Waals surface area contributed by atoms with Crippen LogP contribution in [0.3, 0.4) is 0 Å². The van der Waals surface area contributed by atoms with Crippen molar-refractivity contribution in [3.05, 3.63) is 107 Å². The van der Waals surface area contributed by atoms with Crippen LogP contribution in [0.2, 0.25) is 0 Å². The highest BCUT2D eigenvalue weighted by Crippen LogP contribution is 2.45. The maximum Gasteiger partial charge on any atom is 0.194 e. The summed E-state index contributed by atoms with van der Waals surface area (Å²) < 4.78 is 71.8. The molecular weight excluding hydrogens is 635 g/mol. The third kappa shape index (κ3) is 5.29. The summed E-state index contributed by atoms with van der Waals surface area (Å²) in [6.07, 6.45) is -0.421. The summed E-state index contributed by atoms with van der Waals surface area (Å²) in [5.74, 6) is -3.76. The highest BCUT2D eigenvalue weighted by Gasteiger charge is 2.53. The van der Waals surface area contributed by atoms with Gasteiger partial charge in [-0.15, -0.1) is 26.6 Å². The standard InChI is InChI=1S/C32H26F3N7O4S/c1-16-37-22-9-8-19(12-25(22)47-16)41-15-36-39-31(41)30-29(43-2)27(28-24(45-30)14-44-32(46-28)17-6-4-3-5-7-17)42-13-23(38-40-42)18-10-20(33)26(35)21(34)11-18/h3-13,15,24,27-30,32H,14H2,1-2H3/t24-,27+,28+,29-,30-,32+/m1/s1. The lowest BCUT2D eigenvalue weighted by Gasteiger charge is -2.48. The lowest BCUT2D eigenvalue weighted by molar-refractivity contribution is -0.321. The number of nitrogens with zero attached hydrogens (tertiary/aromatic N) is 7. The number of rotatable bonds is 6. The van der Waals surface area contributed by atoms with Crippen molar-refractivity contribution in [2.75, 3.05) is 13.7 Å². The Kier molecular flexibility index (Phi) is 7.57. The molecule has 0 radical (unpaired) electrons. The zero-order valence-electron chi connectivity index (χ0n) is 24.9. The summed E-state index contributed by atoms with van der Waals surface area (Å²) in [4.78, 5) is 4.56. The van der Waals surface area contributed by atoms with Crippen LogP contribution >= 0.6 is 11.3 Å². The first-order valence-electron chi connectivity index (χ1n) is 14.7. The Morgan fingerprint density at radius 2 is 1.79 bits per heavy atom. The van der Waals surface area contributed by atoms with Crippen LogP contribution < -0.4 is 0 Å². The van der Waals surface area contributed by atoms with Crippen molar-refractivity contribution in [1.82, 2.24) is 34.7 Å². The SMILES string of the molecule is CO[C@@H]1[C@@H](n2cc(-c3cc(F)c(F)c(F)c3)nn2)[C@H]2O[C@@H](c3ccccc3)OC[C@H]2O[C@H]1c1nncn1-c1ccc2nc(C)sc2c1. The summed E-state index contributed by atoms with van der Waals surface area (Å²) >= 11 is 1.58. The summed E-state index contributed by atoms with van der Waals surface area (Å²) in [6.45, 7) is 2.13. The third-order valence-electron chi connectivity index (χ3n) is 8.38. The molecule has 8 rings (SSSR count). The first-order valence-corrected chi connectivity index (χ1v) is 15.5. The zero-order chi connectivity index (χ0) is 32.2. The fourth-order valence-electron chi connectivity index (χ4n) is 6.23. The topological polar surface area (TPSA) is 111 Å². The van der Waals surface area contributed by atoms with Gasteiger partial charge in [0.15, 0.2) is 29.6 Å². The van der Waals surface area contributed by atoms with Gasteiger partial charge in [0, 0.05) is 23.9 Å². The Morgan fingerprint density at radius 3 is 2.57 bits per heavy atom. The fourth-order valence-corrected chi connectivity index (χ4v) is 7.09. The number of aryl methyl sites for hydroxylation is 1. The molecule has 2 aliphatic heterocycles. The van der Waals surface area contributed by atoms with Crippen LogP contribution in [0.1, 0.15) is 34.8 Å². The Hall–Kier alpha value is -4.54. The van der Waals surface area contributed by atoms with Gasteiger partial charge in [-0.2, -0.15) is 0 Å². The van der Waals surface area contributed by atoms with Crippen molar-refractivity contribution in [2.45, 2.75) is 43.7 Å². The van der Waals surface area contributed by atoms with E-state index in [9.17, 15) is 13.2 Å². The van der Waals surface area contributed by atoms with Crippen LogP contribution in [-0.2, 0) is 18.9 Å². The van der Waals surface area contributed by atoms with E-state index in [4.69, 9.17) is 18.9 Å². The van der Waals surface area contributed by atoms with Gasteiger partial charge < -0.3 is 18.9 Å². The minimum absolute atomic E-state index is 0.0188. The van der Waals surface area contributed by atoms with E-state index >= 15 is 0 Å². The molecule has 6 aromatic rings. The van der Waals surface area contributed by atoms with Gasteiger partial charge in [0.05, 0.1) is 28.0 Å². The fraction of sp³-hybridized carbons (Fsp3) is 0.281. The zero-order valence-corrected chi connectivity index (χ0v) is 25.7. The van der Waals surface area contributed by atoms with Crippen molar-refractivity contribution < 1.29 is 32.1 Å². The molecule has 47 heavy (non-hydrogen) atoms. The first kappa shape index (κ1) is 29.8. The van der Waals surface area contributed by atoms with Gasteiger partial charge in [0.2, 0.25) is 0 Å². The molecule has 2 saturated heterocycles. The molecule has 0 aliphatic carbocycles. The van der Waals surface area contributed by atoms with E-state index in [2.05, 4.69) is 25.5 Å². The number of hydrogen-bond acceptors (Lipinski definition) is 10. The monoisotopic (exact) mass is 661 g/mol. The van der Waals surface area contributed by atoms with E-state index < -0.39 is 54.2 Å². The molecular formula is C32H26F3N7O4S. The molecule has 0 unspecified atom stereocenters. The second kappa shape index (κ2) is 11.9. The lowest BCUT2D eigenvalue weighted by Crippen LogP contribution is -2.57. The van der Waals surface area contributed by atoms with Crippen molar-refractivity contribution >= 4 is 21.6 Å². The smallest absolute Gasteiger partial charge is 0.194 e. The normalized spacial score (nSPS) is 24.4. The summed E-state index contributed by atoms with van der Waals surface area (Å²) in [6, 6.07) is 16.4. The van der Waals surface area contributed by atoms with Gasteiger partial charge in [-0.3, -0.25) is 4.57 Å². The Morgan fingerprint density at radius 1 is 0.979 bits per heavy atom. The highest BCUT2D eigenvalue weighted by atomic mass is 32.1. The number of ether oxygens (including phenoxy) is 4. The summed E-state index contributed by atoms with van der Waals surface area (Å²) in [5.41, 5.74) is 2.66. The van der Waals surface area contributed by atoms with E-state index in [-0.39, 0.29) is 17.9 Å². The third-order valence-corrected chi connectivity index (χ3v) is 9.31. The molecule has 2 aliphatic rings. The average molecular weight is 662 g/mol. The molecule has 3 aromatic carbocycles. The van der Waals surface area contributed by atoms with Crippen LogP contribution in [0.4, 0.5) is 13.2 Å². The second-order valence-corrected chi connectivity index (χ2v) is 12.5. The maximum absolute atomic E-state index is 14.1. The molecule has 3 aromatic heterocycles. The molecule has 15 heteroatoms. The summed E-state index contributed by atoms with van der Waals surface area (Å²) in [7, 11) is 1.54. The minimum Gasteiger partial charge on any atom is -0.376 e. The van der Waals surface area contributed by atoms with Gasteiger partial charge >= 0.3 is 0 Å². The van der Waals surface area contributed by atoms with Crippen molar-refractivity contribution in [3.63, 3.8) is 0 Å². The second-order valence-electron chi connectivity index (χ2n) is 11.2. The van der Waals surface area contributed by atoms with Crippen molar-refractivity contribution in [3.8, 4) is 16.9 Å². The lowest BCUT2D eigenvalue weighted by atomic mass is 9.91. The molecule has 6 atom stereocenters. The Labute approximate surface area is 269 Å². The van der Waals surface area contributed by atoms with E-state index in [1.165, 1.54) is 18.0 Å². The van der Waals surface area contributed by atoms with Gasteiger partial charge in [-0.05, 0) is 37.3 Å². The van der Waals surface area contributed by atoms with Crippen LogP contribution in [-0.4, -0.2) is 66.8 Å². The van der Waals surface area contributed by atoms with Gasteiger partial charge in [-0.1, -0.05) is 35.5 Å². The molecule has 0 spiro atoms. The van der Waals surface area contributed by atoms with Gasteiger partial charge in [-0.25, -0.2) is 22.8 Å². The molecule has 0 amide bonds. The molecule has 0 bridgehead atoms. The quantitative estimate of drug-likeness (QED) is 0.209. The Balaban J connectivity index is 1.20. The first-order chi connectivity index (χ1) is 22.9. The van der Waals surface area contributed by atoms with E-state index in [1.54, 1.807) is 17.7 Å². The minimum atomic E-state index is -1.56. The number of methoxy groups -OCH3 is 1. The number of fused-ring (bicyclic) bond motifs is 2. The highest BCUT2D eigenvalue weighted by molar-refractivity contribution is 7.18. The molecule has 0 saturated carbocycles. The predicted molar refractivity (Wildman–Crippen MR) is 162 cm³/mol.